The summed E-state index contributed by atoms with van der Waals surface area (Å²) in [7, 11) is 0. The van der Waals surface area contributed by atoms with E-state index in [1.54, 1.807) is 0 Å². The topological polar surface area (TPSA) is 17.1 Å². The maximum absolute atomic E-state index is 10.4. The van der Waals surface area contributed by atoms with Crippen LogP contribution < -0.4 is 0 Å². The molecule has 1 heteroatoms. The highest BCUT2D eigenvalue weighted by Gasteiger charge is 2.37. The standard InChI is InChI=1S/C12H20O/c13-10-5-11-3-8-12(9-4-11)6-1-2-7-12/h10-11H,1-9H2. The molecule has 0 heterocycles. The molecule has 0 amide bonds. The van der Waals surface area contributed by atoms with Gasteiger partial charge in [0, 0.05) is 6.42 Å². The van der Waals surface area contributed by atoms with Gasteiger partial charge in [0.2, 0.25) is 0 Å². The summed E-state index contributed by atoms with van der Waals surface area (Å²) in [6.45, 7) is 0. The fourth-order valence-corrected chi connectivity index (χ4v) is 3.29. The zero-order valence-electron chi connectivity index (χ0n) is 8.43. The van der Waals surface area contributed by atoms with Crippen LogP contribution in [-0.2, 0) is 4.79 Å². The Balaban J connectivity index is 1.84. The van der Waals surface area contributed by atoms with Crippen LogP contribution in [-0.4, -0.2) is 6.29 Å². The summed E-state index contributed by atoms with van der Waals surface area (Å²) in [6.07, 6.45) is 13.2. The lowest BCUT2D eigenvalue weighted by Gasteiger charge is -2.36. The molecule has 0 saturated heterocycles. The maximum Gasteiger partial charge on any atom is 0.120 e. The van der Waals surface area contributed by atoms with Gasteiger partial charge in [-0.15, -0.1) is 0 Å². The van der Waals surface area contributed by atoms with E-state index < -0.39 is 0 Å². The molecule has 1 nitrogen and oxygen atoms in total. The third kappa shape index (κ3) is 1.95. The first kappa shape index (κ1) is 9.23. The van der Waals surface area contributed by atoms with Crippen molar-refractivity contribution in [3.8, 4) is 0 Å². The molecule has 2 rings (SSSR count). The fourth-order valence-electron chi connectivity index (χ4n) is 3.29. The van der Waals surface area contributed by atoms with E-state index >= 15 is 0 Å². The van der Waals surface area contributed by atoms with E-state index in [1.165, 1.54) is 51.4 Å². The molecule has 0 aromatic rings. The molecule has 0 N–H and O–H groups in total. The Kier molecular flexibility index (Phi) is 2.71. The van der Waals surface area contributed by atoms with Crippen LogP contribution in [0.2, 0.25) is 0 Å². The average molecular weight is 180 g/mol. The number of hydrogen-bond donors (Lipinski definition) is 0. The van der Waals surface area contributed by atoms with Crippen LogP contribution >= 0.6 is 0 Å². The van der Waals surface area contributed by atoms with Gasteiger partial charge in [-0.3, -0.25) is 0 Å². The summed E-state index contributed by atoms with van der Waals surface area (Å²) in [5.41, 5.74) is 0.736. The molecule has 2 aliphatic carbocycles. The van der Waals surface area contributed by atoms with Gasteiger partial charge < -0.3 is 4.79 Å². The third-order valence-corrected chi connectivity index (χ3v) is 4.26. The van der Waals surface area contributed by atoms with E-state index in [0.29, 0.717) is 0 Å². The van der Waals surface area contributed by atoms with Gasteiger partial charge in [-0.1, -0.05) is 12.8 Å². The maximum atomic E-state index is 10.4. The molecule has 0 radical (unpaired) electrons. The van der Waals surface area contributed by atoms with Gasteiger partial charge in [0.25, 0.3) is 0 Å². The molecular formula is C12H20O. The molecule has 0 atom stereocenters. The van der Waals surface area contributed by atoms with Crippen LogP contribution in [0.15, 0.2) is 0 Å². The van der Waals surface area contributed by atoms with Crippen molar-refractivity contribution in [2.24, 2.45) is 11.3 Å². The summed E-state index contributed by atoms with van der Waals surface area (Å²) >= 11 is 0. The van der Waals surface area contributed by atoms with Gasteiger partial charge in [-0.05, 0) is 49.9 Å². The molecular weight excluding hydrogens is 160 g/mol. The molecule has 0 aromatic carbocycles. The van der Waals surface area contributed by atoms with Gasteiger partial charge in [0.15, 0.2) is 0 Å². The minimum atomic E-state index is 0.726. The number of carbonyl (C=O) groups excluding carboxylic acids is 1. The Morgan fingerprint density at radius 1 is 1.08 bits per heavy atom. The number of aldehydes is 1. The predicted molar refractivity (Wildman–Crippen MR) is 53.5 cm³/mol. The summed E-state index contributed by atoms with van der Waals surface area (Å²) in [5.74, 6) is 0.726. The Bertz CT molecular complexity index is 170. The van der Waals surface area contributed by atoms with E-state index in [4.69, 9.17) is 0 Å². The van der Waals surface area contributed by atoms with Crippen molar-refractivity contribution >= 4 is 6.29 Å². The lowest BCUT2D eigenvalue weighted by molar-refractivity contribution is -0.109. The van der Waals surface area contributed by atoms with E-state index in [-0.39, 0.29) is 0 Å². The van der Waals surface area contributed by atoms with E-state index in [0.717, 1.165) is 24.0 Å². The molecule has 2 saturated carbocycles. The molecule has 0 bridgehead atoms. The minimum Gasteiger partial charge on any atom is -0.303 e. The van der Waals surface area contributed by atoms with Crippen molar-refractivity contribution in [2.75, 3.05) is 0 Å². The Hall–Kier alpha value is -0.330. The largest absolute Gasteiger partial charge is 0.303 e. The van der Waals surface area contributed by atoms with E-state index in [9.17, 15) is 4.79 Å². The molecule has 0 aromatic heterocycles. The zero-order valence-corrected chi connectivity index (χ0v) is 8.43. The van der Waals surface area contributed by atoms with Gasteiger partial charge in [-0.25, -0.2) is 0 Å². The predicted octanol–water partition coefficient (Wildman–Crippen LogP) is 3.33. The van der Waals surface area contributed by atoms with Gasteiger partial charge in [-0.2, -0.15) is 0 Å². The molecule has 0 unspecified atom stereocenters. The monoisotopic (exact) mass is 180 g/mol. The zero-order chi connectivity index (χ0) is 9.15. The van der Waals surface area contributed by atoms with Crippen molar-refractivity contribution in [3.63, 3.8) is 0 Å². The number of rotatable bonds is 2. The van der Waals surface area contributed by atoms with Crippen molar-refractivity contribution in [3.05, 3.63) is 0 Å². The highest BCUT2D eigenvalue weighted by Crippen LogP contribution is 2.50. The second kappa shape index (κ2) is 3.81. The molecule has 2 fully saturated rings. The first-order valence-electron chi connectivity index (χ1n) is 5.78. The average Bonchev–Trinajstić information content (AvgIpc) is 2.59. The van der Waals surface area contributed by atoms with Gasteiger partial charge in [0.05, 0.1) is 0 Å². The summed E-state index contributed by atoms with van der Waals surface area (Å²) in [5, 5.41) is 0. The lowest BCUT2D eigenvalue weighted by Crippen LogP contribution is -2.24. The highest BCUT2D eigenvalue weighted by molar-refractivity contribution is 5.49. The van der Waals surface area contributed by atoms with Crippen molar-refractivity contribution in [1.29, 1.82) is 0 Å². The quantitative estimate of drug-likeness (QED) is 0.596. The molecule has 0 aliphatic heterocycles. The van der Waals surface area contributed by atoms with Crippen LogP contribution in [0.3, 0.4) is 0 Å². The van der Waals surface area contributed by atoms with Crippen LogP contribution in [0, 0.1) is 11.3 Å². The van der Waals surface area contributed by atoms with Crippen LogP contribution in [0.5, 0.6) is 0 Å². The highest BCUT2D eigenvalue weighted by atomic mass is 16.1. The first-order chi connectivity index (χ1) is 6.35. The van der Waals surface area contributed by atoms with Gasteiger partial charge in [0.1, 0.15) is 6.29 Å². The number of carbonyl (C=O) groups is 1. The van der Waals surface area contributed by atoms with E-state index in [1.807, 2.05) is 0 Å². The van der Waals surface area contributed by atoms with Gasteiger partial charge >= 0.3 is 0 Å². The molecule has 1 spiro atoms. The molecule has 74 valence electrons. The Labute approximate surface area is 80.9 Å². The third-order valence-electron chi connectivity index (χ3n) is 4.26. The smallest absolute Gasteiger partial charge is 0.120 e. The van der Waals surface area contributed by atoms with Crippen LogP contribution in [0.1, 0.15) is 57.8 Å². The first-order valence-corrected chi connectivity index (χ1v) is 5.78. The van der Waals surface area contributed by atoms with Crippen molar-refractivity contribution < 1.29 is 4.79 Å². The van der Waals surface area contributed by atoms with Crippen LogP contribution in [0.25, 0.3) is 0 Å². The minimum absolute atomic E-state index is 0.726. The normalized spacial score (nSPS) is 28.0. The van der Waals surface area contributed by atoms with Crippen molar-refractivity contribution in [1.82, 2.24) is 0 Å². The second-order valence-corrected chi connectivity index (χ2v) is 5.05. The fraction of sp³-hybridized carbons (Fsp3) is 0.917. The lowest BCUT2D eigenvalue weighted by atomic mass is 9.69. The molecule has 13 heavy (non-hydrogen) atoms. The van der Waals surface area contributed by atoms with Crippen molar-refractivity contribution in [2.45, 2.75) is 57.8 Å². The van der Waals surface area contributed by atoms with E-state index in [2.05, 4.69) is 0 Å². The Morgan fingerprint density at radius 2 is 1.69 bits per heavy atom. The summed E-state index contributed by atoms with van der Waals surface area (Å²) < 4.78 is 0. The summed E-state index contributed by atoms with van der Waals surface area (Å²) in [6, 6.07) is 0. The second-order valence-electron chi connectivity index (χ2n) is 5.05. The number of hydrogen-bond acceptors (Lipinski definition) is 1. The molecule has 2 aliphatic rings. The van der Waals surface area contributed by atoms with Crippen LogP contribution in [0.4, 0.5) is 0 Å². The SMILES string of the molecule is O=CCC1CCC2(CCCC2)CC1. The Morgan fingerprint density at radius 3 is 2.23 bits per heavy atom. The summed E-state index contributed by atoms with van der Waals surface area (Å²) in [4.78, 5) is 10.4.